The molecule has 0 bridgehead atoms. The average Bonchev–Trinajstić information content (AvgIpc) is 3.06. The van der Waals surface area contributed by atoms with Crippen molar-refractivity contribution in [3.05, 3.63) is 63.8 Å². The summed E-state index contributed by atoms with van der Waals surface area (Å²) in [6, 6.07) is 13.2. The number of amides is 2. The fourth-order valence-corrected chi connectivity index (χ4v) is 4.37. The molecule has 0 spiro atoms. The van der Waals surface area contributed by atoms with E-state index >= 15 is 0 Å². The molecule has 0 saturated heterocycles. The number of aromatic amines is 1. The third-order valence-electron chi connectivity index (χ3n) is 5.56. The highest BCUT2D eigenvalue weighted by Gasteiger charge is 2.22. The summed E-state index contributed by atoms with van der Waals surface area (Å²) < 4.78 is 0.805. The fourth-order valence-electron chi connectivity index (χ4n) is 3.98. The number of nitrogens with one attached hydrogen (secondary N) is 2. The molecule has 0 radical (unpaired) electrons. The van der Waals surface area contributed by atoms with Crippen LogP contribution in [0.5, 0.6) is 0 Å². The molecule has 2 N–H and O–H groups in total. The Labute approximate surface area is 178 Å². The van der Waals surface area contributed by atoms with Crippen molar-refractivity contribution >= 4 is 44.3 Å². The van der Waals surface area contributed by atoms with E-state index in [0.717, 1.165) is 28.2 Å². The van der Waals surface area contributed by atoms with Crippen LogP contribution in [0.25, 0.3) is 10.9 Å². The van der Waals surface area contributed by atoms with E-state index < -0.39 is 0 Å². The second-order valence-electron chi connectivity index (χ2n) is 7.88. The molecule has 1 aliphatic rings. The minimum Gasteiger partial charge on any atom is -0.358 e. The zero-order chi connectivity index (χ0) is 20.5. The molecule has 29 heavy (non-hydrogen) atoms. The number of fused-ring (bicyclic) bond motifs is 3. The lowest BCUT2D eigenvalue weighted by atomic mass is 9.87. The molecule has 0 fully saturated rings. The molecule has 1 aromatic heterocycles. The van der Waals surface area contributed by atoms with Crippen molar-refractivity contribution in [2.75, 3.05) is 18.9 Å². The SMILES string of the molecule is C[C@@H]1CCc2[nH]c3ccc(C(=O)N(C)CC(=O)Nc4ccccc4Br)cc3c2C1. The standard InChI is InChI=1S/C23H24BrN3O2/c1-14-7-9-19-16(11-14)17-12-15(8-10-20(17)25-19)23(29)27(2)13-22(28)26-21-6-4-3-5-18(21)24/h3-6,8,10,12,14,25H,7,9,11,13H2,1-2H3,(H,26,28)/t14-/m1/s1. The number of rotatable bonds is 4. The second kappa shape index (κ2) is 8.03. The maximum Gasteiger partial charge on any atom is 0.254 e. The third kappa shape index (κ3) is 4.08. The Morgan fingerprint density at radius 1 is 1.24 bits per heavy atom. The fraction of sp³-hybridized carbons (Fsp3) is 0.304. The molecule has 0 aliphatic heterocycles. The molecule has 2 aromatic carbocycles. The Morgan fingerprint density at radius 3 is 2.83 bits per heavy atom. The number of hydrogen-bond donors (Lipinski definition) is 2. The van der Waals surface area contributed by atoms with E-state index in [0.29, 0.717) is 17.2 Å². The van der Waals surface area contributed by atoms with E-state index in [4.69, 9.17) is 0 Å². The molecule has 6 heteroatoms. The minimum atomic E-state index is -0.235. The van der Waals surface area contributed by atoms with E-state index in [1.165, 1.54) is 22.6 Å². The summed E-state index contributed by atoms with van der Waals surface area (Å²) >= 11 is 3.41. The van der Waals surface area contributed by atoms with Crippen LogP contribution in [0.1, 0.15) is 35.0 Å². The molecule has 2 amide bonds. The van der Waals surface area contributed by atoms with Crippen molar-refractivity contribution in [3.8, 4) is 0 Å². The van der Waals surface area contributed by atoms with Gasteiger partial charge in [0.1, 0.15) is 0 Å². The third-order valence-corrected chi connectivity index (χ3v) is 6.25. The summed E-state index contributed by atoms with van der Waals surface area (Å²) in [4.78, 5) is 30.3. The van der Waals surface area contributed by atoms with E-state index in [2.05, 4.69) is 33.2 Å². The monoisotopic (exact) mass is 453 g/mol. The van der Waals surface area contributed by atoms with Gasteiger partial charge in [-0.1, -0.05) is 19.1 Å². The Hall–Kier alpha value is -2.60. The first kappa shape index (κ1) is 19.7. The van der Waals surface area contributed by atoms with Crippen LogP contribution < -0.4 is 5.32 Å². The van der Waals surface area contributed by atoms with Gasteiger partial charge >= 0.3 is 0 Å². The lowest BCUT2D eigenvalue weighted by molar-refractivity contribution is -0.116. The molecule has 0 saturated carbocycles. The van der Waals surface area contributed by atoms with E-state index in [1.807, 2.05) is 42.5 Å². The predicted molar refractivity (Wildman–Crippen MR) is 119 cm³/mol. The Balaban J connectivity index is 1.50. The highest BCUT2D eigenvalue weighted by molar-refractivity contribution is 9.10. The summed E-state index contributed by atoms with van der Waals surface area (Å²) in [7, 11) is 1.65. The Bertz CT molecular complexity index is 1090. The van der Waals surface area contributed by atoms with Crippen molar-refractivity contribution in [3.63, 3.8) is 0 Å². The van der Waals surface area contributed by atoms with Gasteiger partial charge in [0.15, 0.2) is 0 Å². The van der Waals surface area contributed by atoms with E-state index in [1.54, 1.807) is 7.05 Å². The van der Waals surface area contributed by atoms with Gasteiger partial charge in [-0.05, 0) is 77.0 Å². The van der Waals surface area contributed by atoms with Crippen LogP contribution in [0.4, 0.5) is 5.69 Å². The number of aromatic nitrogens is 1. The van der Waals surface area contributed by atoms with Crippen LogP contribution >= 0.6 is 15.9 Å². The first-order chi connectivity index (χ1) is 13.9. The Kier molecular flexibility index (Phi) is 5.46. The van der Waals surface area contributed by atoms with Gasteiger partial charge in [0.2, 0.25) is 5.91 Å². The van der Waals surface area contributed by atoms with Crippen LogP contribution in [0.3, 0.4) is 0 Å². The molecule has 5 nitrogen and oxygen atoms in total. The van der Waals surface area contributed by atoms with Gasteiger partial charge in [-0.25, -0.2) is 0 Å². The maximum absolute atomic E-state index is 12.9. The molecular formula is C23H24BrN3O2. The van der Waals surface area contributed by atoms with Crippen molar-refractivity contribution in [1.82, 2.24) is 9.88 Å². The van der Waals surface area contributed by atoms with Gasteiger partial charge in [-0.15, -0.1) is 0 Å². The largest absolute Gasteiger partial charge is 0.358 e. The number of carbonyl (C=O) groups excluding carboxylic acids is 2. The van der Waals surface area contributed by atoms with Crippen LogP contribution in [-0.2, 0) is 17.6 Å². The van der Waals surface area contributed by atoms with Crippen LogP contribution in [-0.4, -0.2) is 35.3 Å². The molecule has 1 aliphatic carbocycles. The van der Waals surface area contributed by atoms with Gasteiger partial charge in [0.05, 0.1) is 12.2 Å². The number of halogens is 1. The highest BCUT2D eigenvalue weighted by Crippen LogP contribution is 2.32. The summed E-state index contributed by atoms with van der Waals surface area (Å²) in [6.07, 6.45) is 3.29. The summed E-state index contributed by atoms with van der Waals surface area (Å²) in [5.74, 6) is 0.263. The van der Waals surface area contributed by atoms with E-state index in [9.17, 15) is 9.59 Å². The van der Waals surface area contributed by atoms with Crippen molar-refractivity contribution in [2.45, 2.75) is 26.2 Å². The number of nitrogens with zero attached hydrogens (tertiary/aromatic N) is 1. The second-order valence-corrected chi connectivity index (χ2v) is 8.73. The molecule has 0 unspecified atom stereocenters. The average molecular weight is 454 g/mol. The number of carbonyl (C=O) groups is 2. The lowest BCUT2D eigenvalue weighted by Gasteiger charge is -2.19. The molecule has 150 valence electrons. The lowest BCUT2D eigenvalue weighted by Crippen LogP contribution is -2.35. The zero-order valence-electron chi connectivity index (χ0n) is 16.6. The Morgan fingerprint density at radius 2 is 2.03 bits per heavy atom. The molecule has 1 atom stereocenters. The number of para-hydroxylation sites is 1. The van der Waals surface area contributed by atoms with Gasteiger partial charge in [-0.3, -0.25) is 9.59 Å². The smallest absolute Gasteiger partial charge is 0.254 e. The number of aryl methyl sites for hydroxylation is 1. The number of benzene rings is 2. The van der Waals surface area contributed by atoms with E-state index in [-0.39, 0.29) is 18.4 Å². The molecule has 3 aromatic rings. The van der Waals surface area contributed by atoms with Crippen LogP contribution in [0.2, 0.25) is 0 Å². The number of anilines is 1. The van der Waals surface area contributed by atoms with Gasteiger partial charge in [-0.2, -0.15) is 0 Å². The zero-order valence-corrected chi connectivity index (χ0v) is 18.2. The minimum absolute atomic E-state index is 0.0134. The van der Waals surface area contributed by atoms with Crippen molar-refractivity contribution in [2.24, 2.45) is 5.92 Å². The quantitative estimate of drug-likeness (QED) is 0.597. The van der Waals surface area contributed by atoms with Gasteiger partial charge in [0, 0.05) is 33.7 Å². The van der Waals surface area contributed by atoms with Crippen molar-refractivity contribution < 1.29 is 9.59 Å². The molecule has 4 rings (SSSR count). The summed E-state index contributed by atoms with van der Waals surface area (Å²) in [5, 5.41) is 3.96. The van der Waals surface area contributed by atoms with Crippen LogP contribution in [0.15, 0.2) is 46.9 Å². The number of likely N-dealkylation sites (N-methyl/N-ethyl adjacent to an activating group) is 1. The van der Waals surface area contributed by atoms with Gasteiger partial charge < -0.3 is 15.2 Å². The number of hydrogen-bond acceptors (Lipinski definition) is 2. The van der Waals surface area contributed by atoms with Gasteiger partial charge in [0.25, 0.3) is 5.91 Å². The normalized spacial score (nSPS) is 15.8. The van der Waals surface area contributed by atoms with Crippen LogP contribution in [0, 0.1) is 5.92 Å². The first-order valence-electron chi connectivity index (χ1n) is 9.85. The van der Waals surface area contributed by atoms with Crippen molar-refractivity contribution in [1.29, 1.82) is 0 Å². The summed E-state index contributed by atoms with van der Waals surface area (Å²) in [5.41, 5.74) is 5.00. The molecular weight excluding hydrogens is 430 g/mol. The number of H-pyrrole nitrogens is 1. The first-order valence-corrected chi connectivity index (χ1v) is 10.6. The highest BCUT2D eigenvalue weighted by atomic mass is 79.9. The topological polar surface area (TPSA) is 65.2 Å². The maximum atomic E-state index is 12.9. The summed E-state index contributed by atoms with van der Waals surface area (Å²) in [6.45, 7) is 2.26. The molecule has 1 heterocycles. The predicted octanol–water partition coefficient (Wildman–Crippen LogP) is 4.77.